The number of hydrogen-bond donors (Lipinski definition) is 1. The van der Waals surface area contributed by atoms with Crippen LogP contribution in [0.2, 0.25) is 0 Å². The van der Waals surface area contributed by atoms with Gasteiger partial charge in [-0.2, -0.15) is 18.3 Å². The molecule has 0 saturated heterocycles. The molecule has 0 aliphatic heterocycles. The number of aromatic nitrogens is 2. The smallest absolute Gasteiger partial charge is 0.312 e. The van der Waals surface area contributed by atoms with E-state index in [4.69, 9.17) is 0 Å². The largest absolute Gasteiger partial charge is 0.419 e. The van der Waals surface area contributed by atoms with Crippen molar-refractivity contribution < 1.29 is 13.2 Å². The third-order valence-corrected chi connectivity index (χ3v) is 2.44. The Kier molecular flexibility index (Phi) is 4.42. The fourth-order valence-electron chi connectivity index (χ4n) is 1.47. The first-order chi connectivity index (χ1) is 8.08. The van der Waals surface area contributed by atoms with Crippen molar-refractivity contribution in [1.29, 1.82) is 0 Å². The second-order valence-corrected chi connectivity index (χ2v) is 5.68. The maximum absolute atomic E-state index is 12.4. The first kappa shape index (κ1) is 15.0. The van der Waals surface area contributed by atoms with E-state index in [0.29, 0.717) is 6.54 Å². The molecule has 0 amide bonds. The fourth-order valence-corrected chi connectivity index (χ4v) is 1.47. The van der Waals surface area contributed by atoms with E-state index in [1.165, 1.54) is 4.68 Å². The molecule has 0 aliphatic carbocycles. The van der Waals surface area contributed by atoms with Crippen molar-refractivity contribution in [3.8, 4) is 0 Å². The highest BCUT2D eigenvalue weighted by atomic mass is 19.4. The summed E-state index contributed by atoms with van der Waals surface area (Å²) in [5.74, 6) is 0.213. The van der Waals surface area contributed by atoms with E-state index >= 15 is 0 Å². The molecule has 3 nitrogen and oxygen atoms in total. The average molecular weight is 263 g/mol. The Morgan fingerprint density at radius 1 is 1.33 bits per heavy atom. The van der Waals surface area contributed by atoms with Gasteiger partial charge in [-0.25, -0.2) is 0 Å². The molecule has 0 fully saturated rings. The van der Waals surface area contributed by atoms with Gasteiger partial charge in [0.25, 0.3) is 0 Å². The Labute approximate surface area is 105 Å². The molecule has 1 N–H and O–H groups in total. The lowest BCUT2D eigenvalue weighted by Gasteiger charge is -2.23. The summed E-state index contributed by atoms with van der Waals surface area (Å²) in [5, 5.41) is 7.05. The highest BCUT2D eigenvalue weighted by molar-refractivity contribution is 5.08. The Hall–Kier alpha value is -1.04. The summed E-state index contributed by atoms with van der Waals surface area (Å²) in [4.78, 5) is 0. The first-order valence-electron chi connectivity index (χ1n) is 5.92. The number of hydrogen-bond acceptors (Lipinski definition) is 2. The van der Waals surface area contributed by atoms with Crippen LogP contribution in [0.15, 0.2) is 12.4 Å². The molecular formula is C12H20F3N3. The summed E-state index contributed by atoms with van der Waals surface area (Å²) >= 11 is 0. The molecule has 0 radical (unpaired) electrons. The Morgan fingerprint density at radius 2 is 1.94 bits per heavy atom. The van der Waals surface area contributed by atoms with E-state index in [1.807, 2.05) is 6.92 Å². The number of alkyl halides is 3. The molecule has 1 aromatic rings. The van der Waals surface area contributed by atoms with Crippen molar-refractivity contribution in [2.45, 2.75) is 46.0 Å². The van der Waals surface area contributed by atoms with Crippen LogP contribution in [-0.2, 0) is 12.7 Å². The maximum atomic E-state index is 12.4. The second-order valence-electron chi connectivity index (χ2n) is 5.68. The minimum atomic E-state index is -4.31. The van der Waals surface area contributed by atoms with Gasteiger partial charge in [-0.15, -0.1) is 0 Å². The molecule has 0 bridgehead atoms. The van der Waals surface area contributed by atoms with Gasteiger partial charge in [-0.3, -0.25) is 4.68 Å². The first-order valence-corrected chi connectivity index (χ1v) is 5.92. The van der Waals surface area contributed by atoms with Crippen LogP contribution < -0.4 is 5.32 Å². The zero-order chi connectivity index (χ0) is 14.0. The van der Waals surface area contributed by atoms with Gasteiger partial charge in [-0.1, -0.05) is 6.92 Å². The number of nitrogens with zero attached hydrogens (tertiary/aromatic N) is 2. The molecule has 1 heterocycles. The second kappa shape index (κ2) is 5.30. The van der Waals surface area contributed by atoms with Crippen molar-refractivity contribution in [3.05, 3.63) is 18.0 Å². The van der Waals surface area contributed by atoms with Crippen molar-refractivity contribution in [2.24, 2.45) is 5.92 Å². The lowest BCUT2D eigenvalue weighted by atomic mass is 10.1. The van der Waals surface area contributed by atoms with Gasteiger partial charge >= 0.3 is 6.18 Å². The quantitative estimate of drug-likeness (QED) is 0.905. The Morgan fingerprint density at radius 3 is 2.39 bits per heavy atom. The van der Waals surface area contributed by atoms with E-state index in [2.05, 4.69) is 31.2 Å². The molecule has 0 saturated carbocycles. The van der Waals surface area contributed by atoms with Gasteiger partial charge in [0, 0.05) is 18.3 Å². The van der Waals surface area contributed by atoms with Gasteiger partial charge in [0.2, 0.25) is 0 Å². The van der Waals surface area contributed by atoms with E-state index in [9.17, 15) is 13.2 Å². The standard InChI is InChI=1S/C12H20F3N3/c1-9(5-16-11(2,3)4)7-18-8-10(6-17-18)12(13,14)15/h6,8-9,16H,5,7H2,1-4H3. The summed E-state index contributed by atoms with van der Waals surface area (Å²) in [6.07, 6.45) is -2.40. The van der Waals surface area contributed by atoms with E-state index < -0.39 is 11.7 Å². The highest BCUT2D eigenvalue weighted by Crippen LogP contribution is 2.28. The van der Waals surface area contributed by atoms with E-state index in [0.717, 1.165) is 18.9 Å². The van der Waals surface area contributed by atoms with E-state index in [1.54, 1.807) is 0 Å². The van der Waals surface area contributed by atoms with E-state index in [-0.39, 0.29) is 11.5 Å². The molecule has 1 rings (SSSR count). The third-order valence-electron chi connectivity index (χ3n) is 2.44. The predicted molar refractivity (Wildman–Crippen MR) is 64.1 cm³/mol. The minimum absolute atomic E-state index is 0.00943. The van der Waals surface area contributed by atoms with Gasteiger partial charge < -0.3 is 5.32 Å². The molecule has 6 heteroatoms. The normalized spacial score (nSPS) is 14.8. The van der Waals surface area contributed by atoms with Crippen LogP contribution in [-0.4, -0.2) is 21.9 Å². The molecule has 104 valence electrons. The summed E-state index contributed by atoms with van der Waals surface area (Å²) in [5.41, 5.74) is -0.686. The van der Waals surface area contributed by atoms with Gasteiger partial charge in [0.1, 0.15) is 0 Å². The highest BCUT2D eigenvalue weighted by Gasteiger charge is 2.32. The van der Waals surface area contributed by atoms with Gasteiger partial charge in [0.05, 0.1) is 11.8 Å². The topological polar surface area (TPSA) is 29.9 Å². The molecule has 18 heavy (non-hydrogen) atoms. The molecule has 1 unspecified atom stereocenters. The number of rotatable bonds is 4. The molecule has 1 aromatic heterocycles. The number of halogens is 3. The van der Waals surface area contributed by atoms with Crippen LogP contribution >= 0.6 is 0 Å². The lowest BCUT2D eigenvalue weighted by Crippen LogP contribution is -2.39. The summed E-state index contributed by atoms with van der Waals surface area (Å²) in [6, 6.07) is 0. The predicted octanol–water partition coefficient (Wildman–Crippen LogP) is 2.93. The average Bonchev–Trinajstić information content (AvgIpc) is 2.61. The van der Waals surface area contributed by atoms with Crippen LogP contribution in [0.1, 0.15) is 33.3 Å². The molecule has 0 spiro atoms. The molecule has 1 atom stereocenters. The molecule has 0 aromatic carbocycles. The van der Waals surface area contributed by atoms with Crippen LogP contribution in [0.4, 0.5) is 13.2 Å². The lowest BCUT2D eigenvalue weighted by molar-refractivity contribution is -0.137. The fraction of sp³-hybridized carbons (Fsp3) is 0.750. The summed E-state index contributed by atoms with van der Waals surface area (Å²) in [6.45, 7) is 9.34. The minimum Gasteiger partial charge on any atom is -0.312 e. The van der Waals surface area contributed by atoms with Crippen LogP contribution in [0.3, 0.4) is 0 Å². The number of nitrogens with one attached hydrogen (secondary N) is 1. The zero-order valence-electron chi connectivity index (χ0n) is 11.2. The maximum Gasteiger partial charge on any atom is 0.419 e. The SMILES string of the molecule is CC(CNC(C)(C)C)Cn1cc(C(F)(F)F)cn1. The Balaban J connectivity index is 2.50. The van der Waals surface area contributed by atoms with Crippen molar-refractivity contribution in [1.82, 2.24) is 15.1 Å². The summed E-state index contributed by atoms with van der Waals surface area (Å²) in [7, 11) is 0. The summed E-state index contributed by atoms with van der Waals surface area (Å²) < 4.78 is 38.5. The monoisotopic (exact) mass is 263 g/mol. The van der Waals surface area contributed by atoms with Gasteiger partial charge in [0.15, 0.2) is 0 Å². The molecule has 0 aliphatic rings. The Bertz CT molecular complexity index is 377. The van der Waals surface area contributed by atoms with Crippen LogP contribution in [0.5, 0.6) is 0 Å². The van der Waals surface area contributed by atoms with Gasteiger partial charge in [-0.05, 0) is 33.2 Å². The zero-order valence-corrected chi connectivity index (χ0v) is 11.2. The third kappa shape index (κ3) is 5.08. The van der Waals surface area contributed by atoms with Crippen LogP contribution in [0.25, 0.3) is 0 Å². The van der Waals surface area contributed by atoms with Crippen molar-refractivity contribution in [3.63, 3.8) is 0 Å². The van der Waals surface area contributed by atoms with Crippen LogP contribution in [0, 0.1) is 5.92 Å². The van der Waals surface area contributed by atoms with Crippen molar-refractivity contribution in [2.75, 3.05) is 6.54 Å². The molecular weight excluding hydrogens is 243 g/mol. The van der Waals surface area contributed by atoms with Crippen molar-refractivity contribution >= 4 is 0 Å².